The first-order chi connectivity index (χ1) is 10.9. The van der Waals surface area contributed by atoms with Crippen LogP contribution in [0.4, 0.5) is 5.82 Å². The Morgan fingerprint density at radius 2 is 1.87 bits per heavy atom. The van der Waals surface area contributed by atoms with Gasteiger partial charge in [-0.05, 0) is 32.0 Å². The lowest BCUT2D eigenvalue weighted by molar-refractivity contribution is 0.588. The van der Waals surface area contributed by atoms with Gasteiger partial charge in [-0.2, -0.15) is 0 Å². The summed E-state index contributed by atoms with van der Waals surface area (Å²) in [4.78, 5) is 8.87. The lowest BCUT2D eigenvalue weighted by atomic mass is 10.2. The highest BCUT2D eigenvalue weighted by molar-refractivity contribution is 14.1. The summed E-state index contributed by atoms with van der Waals surface area (Å²) in [6.07, 6.45) is 1.52. The normalized spacial score (nSPS) is 11.8. The van der Waals surface area contributed by atoms with Gasteiger partial charge in [-0.25, -0.2) is 22.4 Å². The van der Waals surface area contributed by atoms with Gasteiger partial charge in [0.05, 0.1) is 10.3 Å². The molecule has 0 saturated heterocycles. The number of anilines is 1. The molecule has 1 aromatic carbocycles. The second-order valence-corrected chi connectivity index (χ2v) is 7.82. The number of hydrogen-bond acceptors (Lipinski definition) is 5. The maximum atomic E-state index is 12.9. The van der Waals surface area contributed by atoms with E-state index < -0.39 is 10.0 Å². The van der Waals surface area contributed by atoms with E-state index in [9.17, 15) is 8.42 Å². The average Bonchev–Trinajstić information content (AvgIpc) is 2.92. The van der Waals surface area contributed by atoms with Crippen molar-refractivity contribution < 1.29 is 8.42 Å². The zero-order valence-electron chi connectivity index (χ0n) is 12.6. The second kappa shape index (κ2) is 6.08. The predicted molar refractivity (Wildman–Crippen MR) is 98.2 cm³/mol. The molecule has 2 heterocycles. The number of rotatable bonds is 4. The Morgan fingerprint density at radius 3 is 2.52 bits per heavy atom. The van der Waals surface area contributed by atoms with Crippen molar-refractivity contribution in [2.45, 2.75) is 18.7 Å². The Bertz CT molecular complexity index is 965. The number of nitrogens with one attached hydrogen (secondary N) is 1. The summed E-state index contributed by atoms with van der Waals surface area (Å²) in [5.41, 5.74) is 1.38. The Labute approximate surface area is 148 Å². The quantitative estimate of drug-likeness (QED) is 0.497. The van der Waals surface area contributed by atoms with Crippen LogP contribution in [0.15, 0.2) is 41.4 Å². The second-order valence-electron chi connectivity index (χ2n) is 5.04. The van der Waals surface area contributed by atoms with Gasteiger partial charge in [0.1, 0.15) is 5.82 Å². The maximum absolute atomic E-state index is 12.9. The van der Waals surface area contributed by atoms with E-state index in [1.165, 1.54) is 10.2 Å². The number of fused-ring (bicyclic) bond motifs is 1. The summed E-state index contributed by atoms with van der Waals surface area (Å²) >= 11 is 1.98. The Kier molecular flexibility index (Phi) is 4.28. The topological polar surface area (TPSA) is 76.9 Å². The van der Waals surface area contributed by atoms with Gasteiger partial charge in [-0.15, -0.1) is 0 Å². The van der Waals surface area contributed by atoms with Crippen molar-refractivity contribution in [3.63, 3.8) is 0 Å². The monoisotopic (exact) mass is 442 g/mol. The number of nitrogens with zero attached hydrogens (tertiary/aromatic N) is 3. The van der Waals surface area contributed by atoms with Gasteiger partial charge in [0, 0.05) is 35.3 Å². The lowest BCUT2D eigenvalue weighted by Gasteiger charge is -2.09. The summed E-state index contributed by atoms with van der Waals surface area (Å²) in [6.45, 7) is 4.57. The fraction of sp³-hybridized carbons (Fsp3) is 0.200. The molecule has 0 fully saturated rings. The summed E-state index contributed by atoms with van der Waals surface area (Å²) in [5.74, 6) is 0.639. The zero-order chi connectivity index (χ0) is 16.6. The highest BCUT2D eigenvalue weighted by Crippen LogP contribution is 2.26. The van der Waals surface area contributed by atoms with Crippen molar-refractivity contribution in [2.75, 3.05) is 11.9 Å². The van der Waals surface area contributed by atoms with Crippen molar-refractivity contribution in [1.82, 2.24) is 13.9 Å². The molecule has 3 rings (SSSR count). The van der Waals surface area contributed by atoms with Crippen LogP contribution in [0.25, 0.3) is 11.0 Å². The Balaban J connectivity index is 2.22. The molecule has 8 heteroatoms. The fourth-order valence-electron chi connectivity index (χ4n) is 2.29. The third-order valence-electron chi connectivity index (χ3n) is 3.41. The predicted octanol–water partition coefficient (Wildman–Crippen LogP) is 3.01. The molecule has 0 amide bonds. The first-order valence-corrected chi connectivity index (χ1v) is 9.56. The van der Waals surface area contributed by atoms with E-state index in [0.29, 0.717) is 27.2 Å². The maximum Gasteiger partial charge on any atom is 0.269 e. The van der Waals surface area contributed by atoms with Crippen LogP contribution in [0.3, 0.4) is 0 Å². The molecule has 0 bridgehead atoms. The van der Waals surface area contributed by atoms with Crippen molar-refractivity contribution in [3.8, 4) is 0 Å². The molecule has 0 aliphatic rings. The van der Waals surface area contributed by atoms with Crippen LogP contribution in [-0.2, 0) is 10.0 Å². The standard InChI is InChI=1S/C15H15IN4O2S/c1-3-17-13-12-8-9-20(14(12)19-15(16)18-13)23(21,22)11-6-4-10(2)5-7-11/h4-9H,3H2,1-2H3,(H,17,18,19). The van der Waals surface area contributed by atoms with E-state index in [0.717, 1.165) is 5.56 Å². The van der Waals surface area contributed by atoms with Crippen LogP contribution in [0.1, 0.15) is 12.5 Å². The van der Waals surface area contributed by atoms with E-state index in [4.69, 9.17) is 0 Å². The first-order valence-electron chi connectivity index (χ1n) is 7.04. The van der Waals surface area contributed by atoms with Gasteiger partial charge < -0.3 is 5.32 Å². The molecule has 0 spiro atoms. The third-order valence-corrected chi connectivity index (χ3v) is 5.57. The zero-order valence-corrected chi connectivity index (χ0v) is 15.6. The van der Waals surface area contributed by atoms with Gasteiger partial charge in [0.25, 0.3) is 10.0 Å². The molecule has 0 aliphatic heterocycles. The Hall–Kier alpha value is -1.68. The number of hydrogen-bond donors (Lipinski definition) is 1. The number of halogens is 1. The third kappa shape index (κ3) is 2.92. The van der Waals surface area contributed by atoms with E-state index >= 15 is 0 Å². The van der Waals surface area contributed by atoms with Gasteiger partial charge in [-0.1, -0.05) is 17.7 Å². The number of benzene rings is 1. The highest BCUT2D eigenvalue weighted by Gasteiger charge is 2.21. The van der Waals surface area contributed by atoms with Crippen LogP contribution in [-0.4, -0.2) is 28.9 Å². The van der Waals surface area contributed by atoms with Gasteiger partial charge >= 0.3 is 0 Å². The molecule has 3 aromatic rings. The van der Waals surface area contributed by atoms with Crippen LogP contribution in [0, 0.1) is 10.8 Å². The summed E-state index contributed by atoms with van der Waals surface area (Å²) in [6, 6.07) is 8.49. The molecule has 2 aromatic heterocycles. The van der Waals surface area contributed by atoms with Crippen LogP contribution in [0.5, 0.6) is 0 Å². The average molecular weight is 442 g/mol. The van der Waals surface area contributed by atoms with Crippen molar-refractivity contribution >= 4 is 49.5 Å². The molecule has 1 N–H and O–H groups in total. The van der Waals surface area contributed by atoms with Gasteiger partial charge in [0.2, 0.25) is 0 Å². The molecule has 0 aliphatic carbocycles. The minimum Gasteiger partial charge on any atom is -0.370 e. The van der Waals surface area contributed by atoms with Gasteiger partial charge in [0.15, 0.2) is 9.48 Å². The molecule has 23 heavy (non-hydrogen) atoms. The number of aryl methyl sites for hydroxylation is 1. The van der Waals surface area contributed by atoms with E-state index in [1.54, 1.807) is 30.3 Å². The minimum absolute atomic E-state index is 0.235. The first kappa shape index (κ1) is 16.2. The molecule has 120 valence electrons. The highest BCUT2D eigenvalue weighted by atomic mass is 127. The summed E-state index contributed by atoms with van der Waals surface area (Å²) < 4.78 is 27.5. The summed E-state index contributed by atoms with van der Waals surface area (Å²) in [5, 5.41) is 3.82. The van der Waals surface area contributed by atoms with Gasteiger partial charge in [-0.3, -0.25) is 0 Å². The van der Waals surface area contributed by atoms with Crippen molar-refractivity contribution in [3.05, 3.63) is 45.9 Å². The molecule has 0 atom stereocenters. The van der Waals surface area contributed by atoms with E-state index in [2.05, 4.69) is 15.3 Å². The smallest absolute Gasteiger partial charge is 0.269 e. The molecule has 0 unspecified atom stereocenters. The largest absolute Gasteiger partial charge is 0.370 e. The molecule has 0 saturated carbocycles. The van der Waals surface area contributed by atoms with Crippen molar-refractivity contribution in [1.29, 1.82) is 0 Å². The van der Waals surface area contributed by atoms with Crippen LogP contribution < -0.4 is 5.32 Å². The Morgan fingerprint density at radius 1 is 1.17 bits per heavy atom. The molecular weight excluding hydrogens is 427 g/mol. The van der Waals surface area contributed by atoms with E-state index in [1.807, 2.05) is 36.4 Å². The SMILES string of the molecule is CCNc1nc(I)nc2c1ccn2S(=O)(=O)c1ccc(C)cc1. The van der Waals surface area contributed by atoms with Crippen LogP contribution >= 0.6 is 22.6 Å². The fourth-order valence-corrected chi connectivity index (χ4v) is 4.05. The lowest BCUT2D eigenvalue weighted by Crippen LogP contribution is -2.13. The molecule has 0 radical (unpaired) electrons. The minimum atomic E-state index is -3.69. The van der Waals surface area contributed by atoms with Crippen LogP contribution in [0.2, 0.25) is 0 Å². The summed E-state index contributed by atoms with van der Waals surface area (Å²) in [7, 11) is -3.69. The van der Waals surface area contributed by atoms with Crippen molar-refractivity contribution in [2.24, 2.45) is 0 Å². The number of aromatic nitrogens is 3. The molecular formula is C15H15IN4O2S. The molecule has 6 nitrogen and oxygen atoms in total. The van der Waals surface area contributed by atoms with E-state index in [-0.39, 0.29) is 4.90 Å².